The summed E-state index contributed by atoms with van der Waals surface area (Å²) in [6.45, 7) is 7.11. The largest absolute Gasteiger partial charge is 0.332 e. The molecule has 0 amide bonds. The van der Waals surface area contributed by atoms with Gasteiger partial charge < -0.3 is 10.7 Å². The topological polar surface area (TPSA) is 92.1 Å². The van der Waals surface area contributed by atoms with Gasteiger partial charge in [-0.05, 0) is 25.8 Å². The summed E-state index contributed by atoms with van der Waals surface area (Å²) >= 11 is 0. The Morgan fingerprint density at radius 3 is 2.61 bits per heavy atom. The molecular formula is C11H22N4O2S. The molecule has 0 saturated heterocycles. The van der Waals surface area contributed by atoms with Crippen LogP contribution in [-0.2, 0) is 10.0 Å². The van der Waals surface area contributed by atoms with E-state index in [1.165, 1.54) is 10.5 Å². The van der Waals surface area contributed by atoms with E-state index in [9.17, 15) is 8.42 Å². The molecule has 0 fully saturated rings. The second-order valence-electron chi connectivity index (χ2n) is 4.73. The Morgan fingerprint density at radius 2 is 2.17 bits per heavy atom. The number of imidazole rings is 1. The summed E-state index contributed by atoms with van der Waals surface area (Å²) in [6, 6.07) is 0. The number of sulfonamides is 1. The van der Waals surface area contributed by atoms with Crippen molar-refractivity contribution < 1.29 is 8.42 Å². The number of aryl methyl sites for hydroxylation is 1. The molecule has 7 heteroatoms. The molecule has 0 radical (unpaired) electrons. The minimum absolute atomic E-state index is 0.151. The number of rotatable bonds is 7. The van der Waals surface area contributed by atoms with Crippen LogP contribution < -0.4 is 5.73 Å². The minimum Gasteiger partial charge on any atom is -0.332 e. The van der Waals surface area contributed by atoms with Gasteiger partial charge >= 0.3 is 0 Å². The van der Waals surface area contributed by atoms with Crippen LogP contribution in [0.1, 0.15) is 26.1 Å². The van der Waals surface area contributed by atoms with Crippen LogP contribution >= 0.6 is 0 Å². The number of aromatic nitrogens is 2. The van der Waals surface area contributed by atoms with Gasteiger partial charge in [0.05, 0.1) is 6.20 Å². The predicted molar refractivity (Wildman–Crippen MR) is 70.6 cm³/mol. The lowest BCUT2D eigenvalue weighted by molar-refractivity contribution is 0.363. The number of nitrogens with two attached hydrogens (primary N) is 1. The van der Waals surface area contributed by atoms with Crippen LogP contribution in [0.4, 0.5) is 0 Å². The Kier molecular flexibility index (Phi) is 5.30. The fourth-order valence-corrected chi connectivity index (χ4v) is 3.26. The maximum absolute atomic E-state index is 12.4. The molecule has 3 N–H and O–H groups in total. The maximum atomic E-state index is 12.4. The van der Waals surface area contributed by atoms with Crippen molar-refractivity contribution in [2.24, 2.45) is 11.7 Å². The molecule has 18 heavy (non-hydrogen) atoms. The minimum atomic E-state index is -3.49. The molecule has 0 atom stereocenters. The zero-order valence-electron chi connectivity index (χ0n) is 11.2. The third-order valence-electron chi connectivity index (χ3n) is 2.48. The monoisotopic (exact) mass is 274 g/mol. The van der Waals surface area contributed by atoms with Gasteiger partial charge in [-0.15, -0.1) is 0 Å². The Labute approximate surface area is 109 Å². The second-order valence-corrected chi connectivity index (χ2v) is 6.64. The van der Waals surface area contributed by atoms with E-state index in [2.05, 4.69) is 9.97 Å². The Bertz CT molecular complexity index is 467. The van der Waals surface area contributed by atoms with Crippen molar-refractivity contribution in [3.8, 4) is 0 Å². The predicted octanol–water partition coefficient (Wildman–Crippen LogP) is 0.714. The first-order chi connectivity index (χ1) is 8.37. The lowest BCUT2D eigenvalue weighted by atomic mass is 10.2. The highest BCUT2D eigenvalue weighted by Gasteiger charge is 2.26. The molecule has 1 aromatic rings. The molecule has 104 valence electrons. The van der Waals surface area contributed by atoms with Crippen LogP contribution in [0.2, 0.25) is 0 Å². The van der Waals surface area contributed by atoms with Gasteiger partial charge in [-0.3, -0.25) is 0 Å². The summed E-state index contributed by atoms with van der Waals surface area (Å²) in [4.78, 5) is 6.71. The first-order valence-electron chi connectivity index (χ1n) is 6.09. The van der Waals surface area contributed by atoms with E-state index in [0.29, 0.717) is 31.9 Å². The zero-order chi connectivity index (χ0) is 13.8. The Balaban J connectivity index is 2.95. The highest BCUT2D eigenvalue weighted by molar-refractivity contribution is 7.89. The van der Waals surface area contributed by atoms with E-state index < -0.39 is 10.0 Å². The fraction of sp³-hybridized carbons (Fsp3) is 0.727. The van der Waals surface area contributed by atoms with Crippen molar-refractivity contribution in [2.75, 3.05) is 19.6 Å². The second kappa shape index (κ2) is 6.31. The first-order valence-corrected chi connectivity index (χ1v) is 7.53. The summed E-state index contributed by atoms with van der Waals surface area (Å²) in [5.41, 5.74) is 5.45. The number of nitrogens with zero attached hydrogens (tertiary/aromatic N) is 2. The van der Waals surface area contributed by atoms with Gasteiger partial charge in [0.15, 0.2) is 5.03 Å². The molecule has 0 aliphatic carbocycles. The molecule has 1 aromatic heterocycles. The van der Waals surface area contributed by atoms with Crippen molar-refractivity contribution in [1.29, 1.82) is 0 Å². The summed E-state index contributed by atoms with van der Waals surface area (Å²) in [5, 5.41) is 0.151. The van der Waals surface area contributed by atoms with Gasteiger partial charge in [0, 0.05) is 13.1 Å². The third kappa shape index (κ3) is 3.79. The average molecular weight is 274 g/mol. The van der Waals surface area contributed by atoms with E-state index >= 15 is 0 Å². The summed E-state index contributed by atoms with van der Waals surface area (Å²) in [5.74, 6) is 0.860. The van der Waals surface area contributed by atoms with Crippen LogP contribution in [0, 0.1) is 12.8 Å². The lowest BCUT2D eigenvalue weighted by Gasteiger charge is -2.22. The lowest BCUT2D eigenvalue weighted by Crippen LogP contribution is -2.36. The van der Waals surface area contributed by atoms with Gasteiger partial charge in [0.1, 0.15) is 5.82 Å². The number of nitrogens with one attached hydrogen (secondary N) is 1. The fourth-order valence-electron chi connectivity index (χ4n) is 1.65. The van der Waals surface area contributed by atoms with E-state index in [0.717, 1.165) is 0 Å². The number of hydrogen-bond acceptors (Lipinski definition) is 4. The van der Waals surface area contributed by atoms with E-state index in [1.807, 2.05) is 13.8 Å². The summed E-state index contributed by atoms with van der Waals surface area (Å²) in [6.07, 6.45) is 2.01. The number of H-pyrrole nitrogens is 1. The van der Waals surface area contributed by atoms with Gasteiger partial charge in [0.2, 0.25) is 0 Å². The molecule has 6 nitrogen and oxygen atoms in total. The SMILES string of the molecule is Cc1ncc(S(=O)(=O)N(CCCN)CC(C)C)[nH]1. The van der Waals surface area contributed by atoms with Crippen LogP contribution in [0.5, 0.6) is 0 Å². The smallest absolute Gasteiger partial charge is 0.260 e. The average Bonchev–Trinajstić information content (AvgIpc) is 2.71. The van der Waals surface area contributed by atoms with Crippen LogP contribution in [0.15, 0.2) is 11.2 Å². The van der Waals surface area contributed by atoms with Crippen molar-refractivity contribution in [1.82, 2.24) is 14.3 Å². The number of hydrogen-bond donors (Lipinski definition) is 2. The van der Waals surface area contributed by atoms with Gasteiger partial charge in [0.25, 0.3) is 10.0 Å². The molecule has 1 rings (SSSR count). The molecule has 0 aromatic carbocycles. The first kappa shape index (κ1) is 15.1. The van der Waals surface area contributed by atoms with Crippen molar-refractivity contribution in [3.05, 3.63) is 12.0 Å². The van der Waals surface area contributed by atoms with Crippen LogP contribution in [-0.4, -0.2) is 42.3 Å². The summed E-state index contributed by atoms with van der Waals surface area (Å²) < 4.78 is 26.3. The van der Waals surface area contributed by atoms with Crippen LogP contribution in [0.3, 0.4) is 0 Å². The molecule has 0 unspecified atom stereocenters. The molecular weight excluding hydrogens is 252 g/mol. The highest BCUT2D eigenvalue weighted by atomic mass is 32.2. The Hall–Kier alpha value is -0.920. The molecule has 0 aliphatic heterocycles. The third-order valence-corrected chi connectivity index (χ3v) is 4.25. The normalized spacial score (nSPS) is 12.6. The van der Waals surface area contributed by atoms with Crippen molar-refractivity contribution in [2.45, 2.75) is 32.2 Å². The summed E-state index contributed by atoms with van der Waals surface area (Å²) in [7, 11) is -3.49. The van der Waals surface area contributed by atoms with E-state index in [-0.39, 0.29) is 10.9 Å². The standard InChI is InChI=1S/C11H22N4O2S/c1-9(2)8-15(6-4-5-12)18(16,17)11-7-13-10(3)14-11/h7,9H,4-6,8,12H2,1-3H3,(H,13,14). The Morgan fingerprint density at radius 1 is 1.50 bits per heavy atom. The van der Waals surface area contributed by atoms with Crippen LogP contribution in [0.25, 0.3) is 0 Å². The van der Waals surface area contributed by atoms with Crippen molar-refractivity contribution >= 4 is 10.0 Å². The van der Waals surface area contributed by atoms with Crippen molar-refractivity contribution in [3.63, 3.8) is 0 Å². The number of aromatic amines is 1. The van der Waals surface area contributed by atoms with Gasteiger partial charge in [-0.2, -0.15) is 4.31 Å². The van der Waals surface area contributed by atoms with Gasteiger partial charge in [-0.1, -0.05) is 13.8 Å². The molecule has 0 aliphatic rings. The molecule has 1 heterocycles. The van der Waals surface area contributed by atoms with E-state index in [4.69, 9.17) is 5.73 Å². The van der Waals surface area contributed by atoms with E-state index in [1.54, 1.807) is 6.92 Å². The highest BCUT2D eigenvalue weighted by Crippen LogP contribution is 2.15. The van der Waals surface area contributed by atoms with Gasteiger partial charge in [-0.25, -0.2) is 13.4 Å². The molecule has 0 bridgehead atoms. The maximum Gasteiger partial charge on any atom is 0.260 e. The quantitative estimate of drug-likeness (QED) is 0.766. The zero-order valence-corrected chi connectivity index (χ0v) is 12.0. The molecule has 0 saturated carbocycles. The molecule has 0 spiro atoms.